The van der Waals surface area contributed by atoms with Crippen molar-refractivity contribution in [2.24, 2.45) is 0 Å². The number of benzene rings is 1. The van der Waals surface area contributed by atoms with Crippen LogP contribution >= 0.6 is 15.9 Å². The lowest BCUT2D eigenvalue weighted by Crippen LogP contribution is -2.26. The molecule has 0 aliphatic heterocycles. The molecule has 0 fully saturated rings. The average molecular weight is 348 g/mol. The minimum absolute atomic E-state index is 0.0845. The van der Waals surface area contributed by atoms with Crippen LogP contribution in [0.1, 0.15) is 42.4 Å². The number of hydrogen-bond acceptors (Lipinski definition) is 3. The van der Waals surface area contributed by atoms with E-state index in [4.69, 9.17) is 0 Å². The molecule has 0 saturated carbocycles. The molecule has 1 aromatic heterocycles. The normalized spacial score (nSPS) is 11.2. The molecular formula is C16H18BrN3O. The highest BCUT2D eigenvalue weighted by atomic mass is 79.9. The Morgan fingerprint density at radius 1 is 1.33 bits per heavy atom. The molecule has 0 bridgehead atoms. The number of amides is 1. The quantitative estimate of drug-likeness (QED) is 0.924. The van der Waals surface area contributed by atoms with Crippen molar-refractivity contribution in [2.75, 3.05) is 0 Å². The molecule has 0 radical (unpaired) electrons. The van der Waals surface area contributed by atoms with Gasteiger partial charge in [0.1, 0.15) is 6.33 Å². The van der Waals surface area contributed by atoms with E-state index in [0.29, 0.717) is 12.1 Å². The molecule has 2 aromatic rings. The van der Waals surface area contributed by atoms with Crippen molar-refractivity contribution in [1.82, 2.24) is 15.3 Å². The van der Waals surface area contributed by atoms with Gasteiger partial charge in [-0.15, -0.1) is 0 Å². The summed E-state index contributed by atoms with van der Waals surface area (Å²) in [5.74, 6) is -0.111. The van der Waals surface area contributed by atoms with Crippen LogP contribution in [0.2, 0.25) is 0 Å². The van der Waals surface area contributed by atoms with Gasteiger partial charge in [-0.05, 0) is 18.2 Å². The minimum Gasteiger partial charge on any atom is -0.348 e. The van der Waals surface area contributed by atoms with Crippen LogP contribution in [-0.4, -0.2) is 15.9 Å². The van der Waals surface area contributed by atoms with Gasteiger partial charge in [0.05, 0.1) is 5.69 Å². The molecule has 21 heavy (non-hydrogen) atoms. The second-order valence-corrected chi connectivity index (χ2v) is 6.76. The number of hydrogen-bond donors (Lipinski definition) is 1. The summed E-state index contributed by atoms with van der Waals surface area (Å²) in [6, 6.07) is 7.30. The number of nitrogens with zero attached hydrogens (tertiary/aromatic N) is 2. The van der Waals surface area contributed by atoms with E-state index in [2.05, 4.69) is 52.0 Å². The SMILES string of the molecule is CC(C)(C)c1ncncc1CNC(=O)c1cccc(Br)c1. The molecule has 2 rings (SSSR count). The second kappa shape index (κ2) is 6.35. The number of nitrogens with one attached hydrogen (secondary N) is 1. The fourth-order valence-electron chi connectivity index (χ4n) is 2.07. The monoisotopic (exact) mass is 347 g/mol. The Hall–Kier alpha value is -1.75. The Morgan fingerprint density at radius 2 is 2.10 bits per heavy atom. The Morgan fingerprint density at radius 3 is 2.76 bits per heavy atom. The standard InChI is InChI=1S/C16H18BrN3O/c1-16(2,3)14-12(8-18-10-20-14)9-19-15(21)11-5-4-6-13(17)7-11/h4-8,10H,9H2,1-3H3,(H,19,21). The van der Waals surface area contributed by atoms with Crippen molar-refractivity contribution in [1.29, 1.82) is 0 Å². The third-order valence-electron chi connectivity index (χ3n) is 3.02. The van der Waals surface area contributed by atoms with Crippen LogP contribution in [0.4, 0.5) is 0 Å². The zero-order valence-corrected chi connectivity index (χ0v) is 13.9. The first-order valence-corrected chi connectivity index (χ1v) is 7.50. The van der Waals surface area contributed by atoms with Crippen LogP contribution in [0.3, 0.4) is 0 Å². The molecule has 110 valence electrons. The van der Waals surface area contributed by atoms with Crippen molar-refractivity contribution in [3.05, 3.63) is 58.1 Å². The summed E-state index contributed by atoms with van der Waals surface area (Å²) in [5.41, 5.74) is 2.43. The summed E-state index contributed by atoms with van der Waals surface area (Å²) < 4.78 is 0.883. The predicted octanol–water partition coefficient (Wildman–Crippen LogP) is 3.47. The summed E-state index contributed by atoms with van der Waals surface area (Å²) in [7, 11) is 0. The van der Waals surface area contributed by atoms with Gasteiger partial charge >= 0.3 is 0 Å². The van der Waals surface area contributed by atoms with Crippen LogP contribution in [0.5, 0.6) is 0 Å². The van der Waals surface area contributed by atoms with Crippen LogP contribution in [0, 0.1) is 0 Å². The lowest BCUT2D eigenvalue weighted by atomic mass is 9.89. The molecule has 0 spiro atoms. The topological polar surface area (TPSA) is 54.9 Å². The molecule has 4 nitrogen and oxygen atoms in total. The molecule has 0 saturated heterocycles. The molecule has 0 atom stereocenters. The zero-order chi connectivity index (χ0) is 15.5. The van der Waals surface area contributed by atoms with E-state index in [-0.39, 0.29) is 11.3 Å². The Kier molecular flexibility index (Phi) is 4.73. The Balaban J connectivity index is 2.12. The highest BCUT2D eigenvalue weighted by Gasteiger charge is 2.20. The predicted molar refractivity (Wildman–Crippen MR) is 86.0 cm³/mol. The van der Waals surface area contributed by atoms with E-state index in [9.17, 15) is 4.79 Å². The summed E-state index contributed by atoms with van der Waals surface area (Å²) in [5, 5.41) is 2.92. The maximum absolute atomic E-state index is 12.2. The molecule has 0 aliphatic rings. The van der Waals surface area contributed by atoms with E-state index >= 15 is 0 Å². The van der Waals surface area contributed by atoms with E-state index < -0.39 is 0 Å². The summed E-state index contributed by atoms with van der Waals surface area (Å²) >= 11 is 3.36. The average Bonchev–Trinajstić information content (AvgIpc) is 2.44. The molecule has 1 aromatic carbocycles. The van der Waals surface area contributed by atoms with Crippen molar-refractivity contribution < 1.29 is 4.79 Å². The Labute approximate surface area is 133 Å². The number of halogens is 1. The van der Waals surface area contributed by atoms with E-state index in [1.54, 1.807) is 24.7 Å². The summed E-state index contributed by atoms with van der Waals surface area (Å²) in [6.45, 7) is 6.69. The molecule has 0 unspecified atom stereocenters. The fraction of sp³-hybridized carbons (Fsp3) is 0.312. The Bertz CT molecular complexity index is 650. The second-order valence-electron chi connectivity index (χ2n) is 5.84. The van der Waals surface area contributed by atoms with Gasteiger partial charge < -0.3 is 5.32 Å². The zero-order valence-electron chi connectivity index (χ0n) is 12.4. The summed E-state index contributed by atoms with van der Waals surface area (Å²) in [6.07, 6.45) is 3.30. The molecule has 1 N–H and O–H groups in total. The lowest BCUT2D eigenvalue weighted by Gasteiger charge is -2.21. The van der Waals surface area contributed by atoms with Gasteiger partial charge in [-0.3, -0.25) is 4.79 Å². The van der Waals surface area contributed by atoms with Gasteiger partial charge in [0.25, 0.3) is 5.91 Å². The van der Waals surface area contributed by atoms with Crippen LogP contribution in [0.25, 0.3) is 0 Å². The fourth-order valence-corrected chi connectivity index (χ4v) is 2.47. The van der Waals surface area contributed by atoms with Gasteiger partial charge in [0.2, 0.25) is 0 Å². The van der Waals surface area contributed by atoms with Crippen LogP contribution in [0.15, 0.2) is 41.3 Å². The van der Waals surface area contributed by atoms with Crippen molar-refractivity contribution in [3.63, 3.8) is 0 Å². The van der Waals surface area contributed by atoms with E-state index in [1.165, 1.54) is 0 Å². The van der Waals surface area contributed by atoms with Crippen LogP contribution < -0.4 is 5.32 Å². The first kappa shape index (κ1) is 15.6. The van der Waals surface area contributed by atoms with Crippen molar-refractivity contribution in [2.45, 2.75) is 32.7 Å². The molecule has 1 amide bonds. The van der Waals surface area contributed by atoms with E-state index in [1.807, 2.05) is 12.1 Å². The third kappa shape index (κ3) is 4.11. The molecular weight excluding hydrogens is 330 g/mol. The minimum atomic E-state index is -0.111. The number of carbonyl (C=O) groups is 1. The number of carbonyl (C=O) groups excluding carboxylic acids is 1. The highest BCUT2D eigenvalue weighted by molar-refractivity contribution is 9.10. The maximum Gasteiger partial charge on any atom is 0.251 e. The molecule has 0 aliphatic carbocycles. The highest BCUT2D eigenvalue weighted by Crippen LogP contribution is 2.22. The molecule has 1 heterocycles. The number of rotatable bonds is 3. The maximum atomic E-state index is 12.2. The lowest BCUT2D eigenvalue weighted by molar-refractivity contribution is 0.0950. The first-order chi connectivity index (χ1) is 9.88. The third-order valence-corrected chi connectivity index (χ3v) is 3.52. The summed E-state index contributed by atoms with van der Waals surface area (Å²) in [4.78, 5) is 20.6. The number of aromatic nitrogens is 2. The smallest absolute Gasteiger partial charge is 0.251 e. The largest absolute Gasteiger partial charge is 0.348 e. The van der Waals surface area contributed by atoms with Gasteiger partial charge in [-0.25, -0.2) is 9.97 Å². The van der Waals surface area contributed by atoms with Gasteiger partial charge in [0, 0.05) is 33.8 Å². The van der Waals surface area contributed by atoms with Gasteiger partial charge in [-0.1, -0.05) is 42.8 Å². The van der Waals surface area contributed by atoms with E-state index in [0.717, 1.165) is 15.7 Å². The van der Waals surface area contributed by atoms with Gasteiger partial charge in [0.15, 0.2) is 0 Å². The van der Waals surface area contributed by atoms with Crippen LogP contribution in [-0.2, 0) is 12.0 Å². The van der Waals surface area contributed by atoms with Crippen molar-refractivity contribution in [3.8, 4) is 0 Å². The van der Waals surface area contributed by atoms with Gasteiger partial charge in [-0.2, -0.15) is 0 Å². The van der Waals surface area contributed by atoms with Crippen molar-refractivity contribution >= 4 is 21.8 Å². The first-order valence-electron chi connectivity index (χ1n) is 6.71. The molecule has 5 heteroatoms.